The average molecular weight is 366 g/mol. The van der Waals surface area contributed by atoms with E-state index in [2.05, 4.69) is 26.5 Å². The van der Waals surface area contributed by atoms with E-state index in [4.69, 9.17) is 0 Å². The number of carbonyl (C=O) groups excluding carboxylic acids is 1. The SMILES string of the molecule is C/C(=N\NC(=O)c1ccc(N(C)C)cc1)c1ccc(Br)s1. The van der Waals surface area contributed by atoms with Crippen LogP contribution in [0.5, 0.6) is 0 Å². The van der Waals surface area contributed by atoms with E-state index in [1.807, 2.05) is 50.2 Å². The van der Waals surface area contributed by atoms with Gasteiger partial charge in [-0.15, -0.1) is 11.3 Å². The first-order valence-electron chi connectivity index (χ1n) is 6.35. The highest BCUT2D eigenvalue weighted by molar-refractivity contribution is 9.11. The molecule has 0 saturated heterocycles. The van der Waals surface area contributed by atoms with Gasteiger partial charge in [0.15, 0.2) is 0 Å². The molecule has 0 bridgehead atoms. The number of nitrogens with one attached hydrogen (secondary N) is 1. The predicted octanol–water partition coefficient (Wildman–Crippen LogP) is 3.73. The van der Waals surface area contributed by atoms with E-state index in [0.29, 0.717) is 5.56 Å². The Morgan fingerprint density at radius 1 is 1.19 bits per heavy atom. The number of hydrogen-bond acceptors (Lipinski definition) is 4. The third kappa shape index (κ3) is 4.15. The lowest BCUT2D eigenvalue weighted by molar-refractivity contribution is 0.0955. The maximum Gasteiger partial charge on any atom is 0.271 e. The highest BCUT2D eigenvalue weighted by atomic mass is 79.9. The second-order valence-electron chi connectivity index (χ2n) is 4.68. The van der Waals surface area contributed by atoms with Crippen molar-refractivity contribution in [1.29, 1.82) is 0 Å². The fourth-order valence-corrected chi connectivity index (χ4v) is 3.00. The molecule has 4 nitrogen and oxygen atoms in total. The number of thiophene rings is 1. The van der Waals surface area contributed by atoms with Gasteiger partial charge in [0.2, 0.25) is 0 Å². The second kappa shape index (κ2) is 6.87. The molecule has 0 fully saturated rings. The van der Waals surface area contributed by atoms with Gasteiger partial charge in [-0.3, -0.25) is 4.79 Å². The van der Waals surface area contributed by atoms with Crippen LogP contribution >= 0.6 is 27.3 Å². The quantitative estimate of drug-likeness (QED) is 0.662. The zero-order valence-corrected chi connectivity index (χ0v) is 14.5. The predicted molar refractivity (Wildman–Crippen MR) is 92.5 cm³/mol. The Morgan fingerprint density at radius 3 is 2.38 bits per heavy atom. The Balaban J connectivity index is 2.04. The van der Waals surface area contributed by atoms with Gasteiger partial charge in [-0.25, -0.2) is 5.43 Å². The van der Waals surface area contributed by atoms with Crippen molar-refractivity contribution in [2.75, 3.05) is 19.0 Å². The van der Waals surface area contributed by atoms with Gasteiger partial charge in [0.1, 0.15) is 0 Å². The van der Waals surface area contributed by atoms with Crippen molar-refractivity contribution in [1.82, 2.24) is 5.43 Å². The van der Waals surface area contributed by atoms with Crippen LogP contribution in [0.15, 0.2) is 45.3 Å². The summed E-state index contributed by atoms with van der Waals surface area (Å²) >= 11 is 4.99. The van der Waals surface area contributed by atoms with Crippen LogP contribution in [-0.2, 0) is 0 Å². The number of amides is 1. The number of carbonyl (C=O) groups is 1. The lowest BCUT2D eigenvalue weighted by Crippen LogP contribution is -2.19. The Hall–Kier alpha value is -1.66. The second-order valence-corrected chi connectivity index (χ2v) is 7.15. The number of rotatable bonds is 4. The van der Waals surface area contributed by atoms with Crippen LogP contribution in [0.2, 0.25) is 0 Å². The van der Waals surface area contributed by atoms with Crippen molar-refractivity contribution >= 4 is 44.6 Å². The zero-order chi connectivity index (χ0) is 15.4. The molecule has 1 aromatic heterocycles. The van der Waals surface area contributed by atoms with Crippen molar-refractivity contribution in [3.05, 3.63) is 50.6 Å². The topological polar surface area (TPSA) is 44.7 Å². The molecule has 6 heteroatoms. The fourth-order valence-electron chi connectivity index (χ4n) is 1.67. The summed E-state index contributed by atoms with van der Waals surface area (Å²) in [6, 6.07) is 11.3. The first-order valence-corrected chi connectivity index (χ1v) is 7.96. The van der Waals surface area contributed by atoms with E-state index in [-0.39, 0.29) is 5.91 Å². The van der Waals surface area contributed by atoms with Crippen molar-refractivity contribution in [2.24, 2.45) is 5.10 Å². The molecular formula is C15H16BrN3OS. The summed E-state index contributed by atoms with van der Waals surface area (Å²) in [5, 5.41) is 4.14. The molecule has 0 aliphatic rings. The minimum atomic E-state index is -0.213. The standard InChI is InChI=1S/C15H16BrN3OS/c1-10(13-8-9-14(16)21-13)17-18-15(20)11-4-6-12(7-5-11)19(2)3/h4-9H,1-3H3,(H,18,20)/b17-10+. The van der Waals surface area contributed by atoms with Crippen molar-refractivity contribution in [2.45, 2.75) is 6.92 Å². The number of benzene rings is 1. The summed E-state index contributed by atoms with van der Waals surface area (Å²) in [6.07, 6.45) is 0. The van der Waals surface area contributed by atoms with Crippen LogP contribution in [-0.4, -0.2) is 25.7 Å². The third-order valence-corrected chi connectivity index (χ3v) is 4.63. The van der Waals surface area contributed by atoms with Gasteiger partial charge in [0.05, 0.1) is 14.4 Å². The Bertz CT molecular complexity index is 662. The lowest BCUT2D eigenvalue weighted by Gasteiger charge is -2.12. The molecule has 0 radical (unpaired) electrons. The molecule has 0 aliphatic carbocycles. The van der Waals surface area contributed by atoms with E-state index in [0.717, 1.165) is 20.1 Å². The number of nitrogens with zero attached hydrogens (tertiary/aromatic N) is 2. The summed E-state index contributed by atoms with van der Waals surface area (Å²) in [6.45, 7) is 1.87. The first kappa shape index (κ1) is 15.7. The van der Waals surface area contributed by atoms with Gasteiger partial charge in [0, 0.05) is 25.3 Å². The molecule has 110 valence electrons. The Kier molecular flexibility index (Phi) is 5.14. The average Bonchev–Trinajstić information content (AvgIpc) is 2.91. The highest BCUT2D eigenvalue weighted by Crippen LogP contribution is 2.22. The van der Waals surface area contributed by atoms with Gasteiger partial charge in [-0.05, 0) is 59.3 Å². The van der Waals surface area contributed by atoms with Gasteiger partial charge < -0.3 is 4.90 Å². The summed E-state index contributed by atoms with van der Waals surface area (Å²) in [7, 11) is 3.92. The van der Waals surface area contributed by atoms with E-state index in [1.54, 1.807) is 23.5 Å². The van der Waals surface area contributed by atoms with Gasteiger partial charge >= 0.3 is 0 Å². The number of halogens is 1. The molecule has 0 unspecified atom stereocenters. The van der Waals surface area contributed by atoms with Crippen molar-refractivity contribution in [3.63, 3.8) is 0 Å². The zero-order valence-electron chi connectivity index (χ0n) is 12.1. The number of hydrazone groups is 1. The molecule has 2 rings (SSSR count). The minimum absolute atomic E-state index is 0.213. The van der Waals surface area contributed by atoms with Crippen LogP contribution < -0.4 is 10.3 Å². The van der Waals surface area contributed by atoms with E-state index >= 15 is 0 Å². The smallest absolute Gasteiger partial charge is 0.271 e. The summed E-state index contributed by atoms with van der Waals surface area (Å²) in [5.74, 6) is -0.213. The van der Waals surface area contributed by atoms with Crippen molar-refractivity contribution < 1.29 is 4.79 Å². The van der Waals surface area contributed by atoms with Crippen molar-refractivity contribution in [3.8, 4) is 0 Å². The van der Waals surface area contributed by atoms with Gasteiger partial charge in [-0.1, -0.05) is 0 Å². The summed E-state index contributed by atoms with van der Waals surface area (Å²) in [5.41, 5.74) is 5.00. The molecule has 1 amide bonds. The molecule has 21 heavy (non-hydrogen) atoms. The minimum Gasteiger partial charge on any atom is -0.378 e. The monoisotopic (exact) mass is 365 g/mol. The first-order chi connectivity index (χ1) is 9.97. The molecule has 0 aliphatic heterocycles. The van der Waals surface area contributed by atoms with Gasteiger partial charge in [0.25, 0.3) is 5.91 Å². The summed E-state index contributed by atoms with van der Waals surface area (Å²) < 4.78 is 1.04. The third-order valence-electron chi connectivity index (χ3n) is 2.90. The molecule has 2 aromatic rings. The van der Waals surface area contributed by atoms with Crippen LogP contribution in [0.3, 0.4) is 0 Å². The maximum absolute atomic E-state index is 12.0. The fraction of sp³-hybridized carbons (Fsp3) is 0.200. The Morgan fingerprint density at radius 2 is 1.86 bits per heavy atom. The van der Waals surface area contributed by atoms with E-state index in [1.165, 1.54) is 0 Å². The van der Waals surface area contributed by atoms with E-state index < -0.39 is 0 Å². The molecule has 0 spiro atoms. The van der Waals surface area contributed by atoms with Crippen LogP contribution in [0.1, 0.15) is 22.2 Å². The van der Waals surface area contributed by atoms with Crippen LogP contribution in [0.4, 0.5) is 5.69 Å². The largest absolute Gasteiger partial charge is 0.378 e. The number of hydrogen-bond donors (Lipinski definition) is 1. The lowest BCUT2D eigenvalue weighted by atomic mass is 10.2. The molecule has 0 saturated carbocycles. The summed E-state index contributed by atoms with van der Waals surface area (Å²) in [4.78, 5) is 15.0. The molecule has 1 N–H and O–H groups in total. The van der Waals surface area contributed by atoms with Gasteiger partial charge in [-0.2, -0.15) is 5.10 Å². The maximum atomic E-state index is 12.0. The van der Waals surface area contributed by atoms with Crippen LogP contribution in [0.25, 0.3) is 0 Å². The number of anilines is 1. The molecule has 0 atom stereocenters. The molecule has 1 heterocycles. The highest BCUT2D eigenvalue weighted by Gasteiger charge is 2.06. The van der Waals surface area contributed by atoms with E-state index in [9.17, 15) is 4.79 Å². The Labute approximate surface area is 136 Å². The normalized spacial score (nSPS) is 11.3. The molecular weight excluding hydrogens is 350 g/mol. The van der Waals surface area contributed by atoms with Crippen LogP contribution in [0, 0.1) is 0 Å². The molecule has 1 aromatic carbocycles.